The molecule has 33 heavy (non-hydrogen) atoms. The molecule has 2 aromatic carbocycles. The Morgan fingerprint density at radius 1 is 1.21 bits per heavy atom. The van der Waals surface area contributed by atoms with Crippen molar-refractivity contribution in [1.82, 2.24) is 9.78 Å². The molecule has 170 valence electrons. The molecule has 0 bridgehead atoms. The lowest BCUT2D eigenvalue weighted by Crippen LogP contribution is -2.25. The Bertz CT molecular complexity index is 1370. The van der Waals surface area contributed by atoms with Crippen LogP contribution < -0.4 is 10.2 Å². The first-order valence-electron chi connectivity index (χ1n) is 10.4. The fourth-order valence-electron chi connectivity index (χ4n) is 3.89. The fraction of sp³-hybridized carbons (Fsp3) is 0.304. The maximum Gasteiger partial charge on any atom is 0.419 e. The Morgan fingerprint density at radius 3 is 2.67 bits per heavy atom. The number of aliphatic imine (C=N–C) groups is 1. The number of nitrogens with zero attached hydrogens (tertiary/aromatic N) is 3. The van der Waals surface area contributed by atoms with E-state index in [1.807, 2.05) is 0 Å². The van der Waals surface area contributed by atoms with Gasteiger partial charge in [0.1, 0.15) is 5.75 Å². The van der Waals surface area contributed by atoms with Crippen molar-refractivity contribution in [3.8, 4) is 5.75 Å². The molecule has 2 aliphatic rings. The monoisotopic (exact) mass is 457 g/mol. The largest absolute Gasteiger partial charge is 0.493 e. The summed E-state index contributed by atoms with van der Waals surface area (Å²) >= 11 is 0. The maximum absolute atomic E-state index is 13.6. The van der Waals surface area contributed by atoms with Crippen LogP contribution in [-0.4, -0.2) is 33.2 Å². The third-order valence-corrected chi connectivity index (χ3v) is 5.73. The smallest absolute Gasteiger partial charge is 0.419 e. The molecule has 3 aromatic rings. The fourth-order valence-corrected chi connectivity index (χ4v) is 3.89. The van der Waals surface area contributed by atoms with Gasteiger partial charge in [0.25, 0.3) is 0 Å². The van der Waals surface area contributed by atoms with Gasteiger partial charge >= 0.3 is 12.1 Å². The Morgan fingerprint density at radius 2 is 1.97 bits per heavy atom. The van der Waals surface area contributed by atoms with Crippen LogP contribution in [0.1, 0.15) is 34.5 Å². The number of aromatic nitrogens is 2. The van der Waals surface area contributed by atoms with Gasteiger partial charge < -0.3 is 9.84 Å². The first-order valence-corrected chi connectivity index (χ1v) is 10.4. The molecule has 1 saturated carbocycles. The Hall–Kier alpha value is -3.69. The summed E-state index contributed by atoms with van der Waals surface area (Å²) in [4.78, 5) is 28.4. The van der Waals surface area contributed by atoms with Crippen LogP contribution >= 0.6 is 0 Å². The lowest BCUT2D eigenvalue weighted by atomic mass is 10.0. The van der Waals surface area contributed by atoms with Crippen LogP contribution in [-0.2, 0) is 19.1 Å². The molecule has 1 fully saturated rings. The molecule has 1 aromatic heterocycles. The van der Waals surface area contributed by atoms with E-state index in [0.717, 1.165) is 18.9 Å². The van der Waals surface area contributed by atoms with Gasteiger partial charge in [0, 0.05) is 23.6 Å². The molecule has 0 atom stereocenters. The summed E-state index contributed by atoms with van der Waals surface area (Å²) in [6.45, 7) is 0.263. The predicted molar refractivity (Wildman–Crippen MR) is 113 cm³/mol. The molecular formula is C23H18F3N3O4. The van der Waals surface area contributed by atoms with E-state index in [4.69, 9.17) is 4.74 Å². The molecule has 0 unspecified atom stereocenters. The van der Waals surface area contributed by atoms with Gasteiger partial charge in [-0.25, -0.2) is 4.79 Å². The molecule has 0 amide bonds. The van der Waals surface area contributed by atoms with Gasteiger partial charge in [-0.15, -0.1) is 0 Å². The minimum Gasteiger partial charge on any atom is -0.493 e. The van der Waals surface area contributed by atoms with Gasteiger partial charge in [0.05, 0.1) is 29.9 Å². The summed E-state index contributed by atoms with van der Waals surface area (Å²) in [5.74, 6) is -1.40. The number of aromatic carboxylic acids is 1. The number of fused-ring (bicyclic) bond motifs is 2. The van der Waals surface area contributed by atoms with E-state index in [9.17, 15) is 27.9 Å². The molecule has 0 saturated heterocycles. The Balaban J connectivity index is 1.50. The maximum atomic E-state index is 13.6. The molecule has 0 radical (unpaired) electrons. The second-order valence-corrected chi connectivity index (χ2v) is 8.24. The number of hydrogen-bond acceptors (Lipinski definition) is 5. The number of ether oxygens (including phenoxy) is 1. The van der Waals surface area contributed by atoms with Crippen LogP contribution in [0.15, 0.2) is 46.2 Å². The van der Waals surface area contributed by atoms with Gasteiger partial charge in [-0.2, -0.15) is 18.3 Å². The Kier molecular flexibility index (Phi) is 4.95. The zero-order chi connectivity index (χ0) is 23.3. The number of para-hydroxylation sites is 1. The number of rotatable bonds is 6. The minimum atomic E-state index is -4.57. The summed E-state index contributed by atoms with van der Waals surface area (Å²) in [5, 5.41) is 13.5. The minimum absolute atomic E-state index is 0.0232. The highest BCUT2D eigenvalue weighted by Gasteiger charge is 2.37. The number of benzene rings is 2. The highest BCUT2D eigenvalue weighted by molar-refractivity contribution is 5.95. The number of halogens is 3. The highest BCUT2D eigenvalue weighted by atomic mass is 19.4. The second kappa shape index (κ2) is 7.72. The number of carboxylic acid groups (broad SMARTS) is 1. The third-order valence-electron chi connectivity index (χ3n) is 5.73. The number of carbonyl (C=O) groups is 1. The Labute approximate surface area is 185 Å². The van der Waals surface area contributed by atoms with Crippen LogP contribution in [0, 0.1) is 5.92 Å². The van der Waals surface area contributed by atoms with Gasteiger partial charge in [-0.05, 0) is 42.5 Å². The van der Waals surface area contributed by atoms with Crippen LogP contribution in [0.3, 0.4) is 0 Å². The van der Waals surface area contributed by atoms with Crippen LogP contribution in [0.4, 0.5) is 18.9 Å². The topological polar surface area (TPSA) is 93.8 Å². The average Bonchev–Trinajstić information content (AvgIpc) is 3.51. The van der Waals surface area contributed by atoms with Crippen molar-refractivity contribution < 1.29 is 27.8 Å². The van der Waals surface area contributed by atoms with Crippen LogP contribution in [0.25, 0.3) is 10.9 Å². The molecule has 5 rings (SSSR count). The van der Waals surface area contributed by atoms with Crippen molar-refractivity contribution in [2.24, 2.45) is 10.9 Å². The van der Waals surface area contributed by atoms with Gasteiger partial charge in [0.15, 0.2) is 0 Å². The summed E-state index contributed by atoms with van der Waals surface area (Å²) in [6.07, 6.45) is -2.52. The van der Waals surface area contributed by atoms with Gasteiger partial charge in [-0.1, -0.05) is 12.1 Å². The molecule has 10 heteroatoms. The van der Waals surface area contributed by atoms with E-state index in [-0.39, 0.29) is 30.7 Å². The van der Waals surface area contributed by atoms with E-state index >= 15 is 0 Å². The predicted octanol–water partition coefficient (Wildman–Crippen LogP) is 4.23. The second-order valence-electron chi connectivity index (χ2n) is 8.24. The van der Waals surface area contributed by atoms with Crippen molar-refractivity contribution in [3.63, 3.8) is 0 Å². The normalized spacial score (nSPS) is 15.4. The van der Waals surface area contributed by atoms with E-state index in [1.165, 1.54) is 16.8 Å². The number of alkyl halides is 3. The summed E-state index contributed by atoms with van der Waals surface area (Å²) in [7, 11) is 0. The van der Waals surface area contributed by atoms with Gasteiger partial charge in [0.2, 0.25) is 11.1 Å². The molecule has 1 N–H and O–H groups in total. The van der Waals surface area contributed by atoms with Crippen molar-refractivity contribution in [1.29, 1.82) is 0 Å². The summed E-state index contributed by atoms with van der Waals surface area (Å²) in [5.41, 5.74) is -0.463. The average molecular weight is 457 g/mol. The lowest BCUT2D eigenvalue weighted by Gasteiger charge is -2.15. The molecule has 1 aliphatic heterocycles. The first kappa shape index (κ1) is 21.2. The highest BCUT2D eigenvalue weighted by Crippen LogP contribution is 2.43. The summed E-state index contributed by atoms with van der Waals surface area (Å²) in [6, 6.07) is 8.81. The molecule has 1 aliphatic carbocycles. The van der Waals surface area contributed by atoms with Crippen molar-refractivity contribution in [3.05, 3.63) is 63.4 Å². The molecule has 2 heterocycles. The quantitative estimate of drug-likeness (QED) is 0.598. The first-order chi connectivity index (χ1) is 15.7. The van der Waals surface area contributed by atoms with Crippen LogP contribution in [0.5, 0.6) is 5.75 Å². The van der Waals surface area contributed by atoms with Crippen LogP contribution in [0.2, 0.25) is 0 Å². The van der Waals surface area contributed by atoms with E-state index < -0.39 is 28.8 Å². The van der Waals surface area contributed by atoms with E-state index in [1.54, 1.807) is 18.2 Å². The number of carboxylic acids is 1. The van der Waals surface area contributed by atoms with E-state index in [0.29, 0.717) is 28.4 Å². The summed E-state index contributed by atoms with van der Waals surface area (Å²) < 4.78 is 47.7. The van der Waals surface area contributed by atoms with Gasteiger partial charge in [-0.3, -0.25) is 14.5 Å². The third kappa shape index (κ3) is 4.08. The lowest BCUT2D eigenvalue weighted by molar-refractivity contribution is -0.139. The standard InChI is InChI=1S/C23H18F3N3O4/c24-23(25,26)16-8-13-7-14(27-17(13)9-19(16)33-11-12-5-6-12)10-29-18-4-2-1-3-15(18)21(30)20(28-29)22(31)32/h1-4,8-9,12H,5-7,10-11H2,(H,31,32). The SMILES string of the molecule is O=C(O)c1nn(CC2=Nc3cc(OCC4CC4)c(C(F)(F)F)cc3C2)c2ccccc2c1=O. The molecule has 0 spiro atoms. The zero-order valence-electron chi connectivity index (χ0n) is 17.2. The molecular weight excluding hydrogens is 439 g/mol. The van der Waals surface area contributed by atoms with Crippen molar-refractivity contribution >= 4 is 28.3 Å². The molecule has 7 nitrogen and oxygen atoms in total. The van der Waals surface area contributed by atoms with E-state index in [2.05, 4.69) is 10.1 Å². The van der Waals surface area contributed by atoms with Crippen molar-refractivity contribution in [2.75, 3.05) is 6.61 Å². The number of hydrogen-bond donors (Lipinski definition) is 1. The van der Waals surface area contributed by atoms with Crippen molar-refractivity contribution in [2.45, 2.75) is 32.0 Å². The zero-order valence-corrected chi connectivity index (χ0v) is 17.2.